The molecule has 0 bridgehead atoms. The minimum absolute atomic E-state index is 0.446. The number of benzene rings is 13. The fraction of sp³-hybridized carbons (Fsp3) is 0.0141. The normalized spacial score (nSPS) is 13.1. The molecule has 14 aromatic rings. The standard InChI is InChI=1S/C71H43N/c1-2-17-50(18-3-1)72-65-29-15-12-22-55(65)62-43-49(37-41-66(62)72)68-58-25-8-6-23-56(58)67(57-24-7-9-26-59(57)68)46-32-30-44(31-33-46)47-35-38-52-48(42-47)36-40-61-60-39-34-45-16-4-5-19-51(45)69(60)71(70(52)61)63-27-13-10-20-53(63)54-21-11-14-28-64(54)71/h1-43H. The van der Waals surface area contributed by atoms with Crippen molar-refractivity contribution in [3.8, 4) is 61.3 Å². The molecule has 2 aliphatic carbocycles. The Morgan fingerprint density at radius 3 is 1.39 bits per heavy atom. The van der Waals surface area contributed by atoms with Crippen molar-refractivity contribution < 1.29 is 0 Å². The van der Waals surface area contributed by atoms with Gasteiger partial charge in [0.1, 0.15) is 0 Å². The highest BCUT2D eigenvalue weighted by molar-refractivity contribution is 6.22. The number of rotatable bonds is 4. The molecule has 0 fully saturated rings. The first-order chi connectivity index (χ1) is 35.7. The van der Waals surface area contributed by atoms with E-state index in [2.05, 4.69) is 265 Å². The molecule has 72 heavy (non-hydrogen) atoms. The van der Waals surface area contributed by atoms with E-state index in [-0.39, 0.29) is 0 Å². The van der Waals surface area contributed by atoms with E-state index in [1.165, 1.54) is 148 Å². The molecule has 0 amide bonds. The van der Waals surface area contributed by atoms with Crippen LogP contribution in [-0.4, -0.2) is 4.57 Å². The molecule has 1 heterocycles. The van der Waals surface area contributed by atoms with Gasteiger partial charge in [0.25, 0.3) is 0 Å². The van der Waals surface area contributed by atoms with Crippen molar-refractivity contribution in [2.45, 2.75) is 5.41 Å². The minimum Gasteiger partial charge on any atom is -0.309 e. The van der Waals surface area contributed by atoms with Crippen LogP contribution in [0.4, 0.5) is 0 Å². The Hall–Kier alpha value is -9.30. The minimum atomic E-state index is -0.446. The zero-order valence-electron chi connectivity index (χ0n) is 39.3. The fourth-order valence-corrected chi connectivity index (χ4v) is 13.5. The molecule has 0 N–H and O–H groups in total. The van der Waals surface area contributed by atoms with E-state index < -0.39 is 5.41 Å². The molecule has 1 nitrogen and oxygen atoms in total. The van der Waals surface area contributed by atoms with Crippen molar-refractivity contribution in [2.75, 3.05) is 0 Å². The average Bonchev–Trinajstić information content (AvgIpc) is 4.06. The summed E-state index contributed by atoms with van der Waals surface area (Å²) in [6.07, 6.45) is 0. The van der Waals surface area contributed by atoms with Crippen LogP contribution in [0.2, 0.25) is 0 Å². The molecule has 1 spiro atoms. The van der Waals surface area contributed by atoms with Gasteiger partial charge in [-0.05, 0) is 157 Å². The van der Waals surface area contributed by atoms with Crippen molar-refractivity contribution in [1.29, 1.82) is 0 Å². The highest BCUT2D eigenvalue weighted by atomic mass is 15.0. The van der Waals surface area contributed by atoms with Gasteiger partial charge < -0.3 is 4.57 Å². The maximum Gasteiger partial charge on any atom is 0.0737 e. The second-order valence-electron chi connectivity index (χ2n) is 19.8. The lowest BCUT2D eigenvalue weighted by Gasteiger charge is -2.32. The third-order valence-corrected chi connectivity index (χ3v) is 16.4. The Balaban J connectivity index is 0.838. The fourth-order valence-electron chi connectivity index (χ4n) is 13.5. The van der Waals surface area contributed by atoms with E-state index in [1.54, 1.807) is 0 Å². The highest BCUT2D eigenvalue weighted by Crippen LogP contribution is 2.65. The van der Waals surface area contributed by atoms with Crippen LogP contribution in [0.5, 0.6) is 0 Å². The Bertz CT molecular complexity index is 4510. The summed E-state index contributed by atoms with van der Waals surface area (Å²) in [5, 5.41) is 12.7. The van der Waals surface area contributed by atoms with Crippen molar-refractivity contribution >= 4 is 64.9 Å². The second-order valence-corrected chi connectivity index (χ2v) is 19.8. The summed E-state index contributed by atoms with van der Waals surface area (Å²) in [5.74, 6) is 0. The van der Waals surface area contributed by atoms with Gasteiger partial charge in [-0.3, -0.25) is 0 Å². The summed E-state index contributed by atoms with van der Waals surface area (Å²) in [4.78, 5) is 0. The van der Waals surface area contributed by atoms with Gasteiger partial charge in [0.15, 0.2) is 0 Å². The Kier molecular flexibility index (Phi) is 8.16. The van der Waals surface area contributed by atoms with Crippen LogP contribution >= 0.6 is 0 Å². The molecule has 0 atom stereocenters. The molecule has 0 unspecified atom stereocenters. The summed E-state index contributed by atoms with van der Waals surface area (Å²) >= 11 is 0. The summed E-state index contributed by atoms with van der Waals surface area (Å²) in [6.45, 7) is 0. The molecule has 1 aromatic heterocycles. The monoisotopic (exact) mass is 909 g/mol. The zero-order chi connectivity index (χ0) is 47.1. The maximum atomic E-state index is 2.42. The Labute approximate surface area is 417 Å². The van der Waals surface area contributed by atoms with Crippen LogP contribution in [0.1, 0.15) is 22.3 Å². The van der Waals surface area contributed by atoms with E-state index >= 15 is 0 Å². The van der Waals surface area contributed by atoms with E-state index in [9.17, 15) is 0 Å². The highest BCUT2D eigenvalue weighted by Gasteiger charge is 2.53. The van der Waals surface area contributed by atoms with Gasteiger partial charge in [-0.25, -0.2) is 0 Å². The smallest absolute Gasteiger partial charge is 0.0737 e. The molecular weight excluding hydrogens is 867 g/mol. The van der Waals surface area contributed by atoms with Crippen molar-refractivity contribution in [3.63, 3.8) is 0 Å². The molecule has 332 valence electrons. The molecule has 0 saturated heterocycles. The summed E-state index contributed by atoms with van der Waals surface area (Å²) in [6, 6.07) is 97.8. The summed E-state index contributed by atoms with van der Waals surface area (Å²) in [7, 11) is 0. The quantitative estimate of drug-likeness (QED) is 0.155. The molecule has 0 radical (unpaired) electrons. The first kappa shape index (κ1) is 39.5. The predicted octanol–water partition coefficient (Wildman–Crippen LogP) is 18.7. The van der Waals surface area contributed by atoms with Gasteiger partial charge in [0.2, 0.25) is 0 Å². The molecule has 0 saturated carbocycles. The lowest BCUT2D eigenvalue weighted by molar-refractivity contribution is 0.809. The Morgan fingerprint density at radius 1 is 0.250 bits per heavy atom. The number of hydrogen-bond donors (Lipinski definition) is 0. The SMILES string of the molecule is c1ccc(-n2c3ccccc3c3cc(-c4c5ccccc5c(-c5ccc(-c6ccc7c8c(ccc7c6)-c6ccc7ccccc7c6C86c7ccccc7-c7ccccc76)cc5)c5ccccc45)ccc32)cc1. The van der Waals surface area contributed by atoms with Crippen LogP contribution in [0.15, 0.2) is 261 Å². The number of hydrogen-bond acceptors (Lipinski definition) is 0. The van der Waals surface area contributed by atoms with Crippen LogP contribution in [0.3, 0.4) is 0 Å². The largest absolute Gasteiger partial charge is 0.309 e. The molecule has 1 heteroatoms. The second kappa shape index (κ2) is 14.9. The van der Waals surface area contributed by atoms with Gasteiger partial charge in [0.05, 0.1) is 16.4 Å². The molecule has 16 rings (SSSR count). The van der Waals surface area contributed by atoms with Crippen LogP contribution in [0, 0.1) is 0 Å². The first-order valence-corrected chi connectivity index (χ1v) is 25.2. The van der Waals surface area contributed by atoms with Gasteiger partial charge in [0, 0.05) is 16.5 Å². The van der Waals surface area contributed by atoms with Crippen LogP contribution < -0.4 is 0 Å². The third kappa shape index (κ3) is 5.27. The lowest BCUT2D eigenvalue weighted by Crippen LogP contribution is -2.26. The number of aromatic nitrogens is 1. The third-order valence-electron chi connectivity index (χ3n) is 16.4. The lowest BCUT2D eigenvalue weighted by atomic mass is 9.68. The van der Waals surface area contributed by atoms with E-state index in [1.807, 2.05) is 0 Å². The molecular formula is C71H43N. The maximum absolute atomic E-state index is 2.42. The van der Waals surface area contributed by atoms with Crippen molar-refractivity contribution in [1.82, 2.24) is 4.57 Å². The van der Waals surface area contributed by atoms with Gasteiger partial charge in [-0.2, -0.15) is 0 Å². The molecule has 2 aliphatic rings. The van der Waals surface area contributed by atoms with E-state index in [4.69, 9.17) is 0 Å². The predicted molar refractivity (Wildman–Crippen MR) is 303 cm³/mol. The summed E-state index contributed by atoms with van der Waals surface area (Å²) < 4.78 is 2.39. The Morgan fingerprint density at radius 2 is 0.722 bits per heavy atom. The zero-order valence-corrected chi connectivity index (χ0v) is 39.3. The van der Waals surface area contributed by atoms with Crippen molar-refractivity contribution in [3.05, 3.63) is 283 Å². The molecule has 13 aromatic carbocycles. The van der Waals surface area contributed by atoms with Crippen LogP contribution in [0.25, 0.3) is 126 Å². The van der Waals surface area contributed by atoms with E-state index in [0.717, 1.165) is 0 Å². The molecule has 0 aliphatic heterocycles. The van der Waals surface area contributed by atoms with Gasteiger partial charge in [-0.1, -0.05) is 224 Å². The van der Waals surface area contributed by atoms with Gasteiger partial charge >= 0.3 is 0 Å². The first-order valence-electron chi connectivity index (χ1n) is 25.2. The number of para-hydroxylation sites is 2. The summed E-state index contributed by atoms with van der Waals surface area (Å²) in [5.41, 5.74) is 21.4. The average molecular weight is 910 g/mol. The number of nitrogens with zero attached hydrogens (tertiary/aromatic N) is 1. The van der Waals surface area contributed by atoms with E-state index in [0.29, 0.717) is 0 Å². The number of fused-ring (bicyclic) bond motifs is 19. The van der Waals surface area contributed by atoms with Crippen molar-refractivity contribution in [2.24, 2.45) is 0 Å². The van der Waals surface area contributed by atoms with Crippen LogP contribution in [-0.2, 0) is 5.41 Å². The van der Waals surface area contributed by atoms with Gasteiger partial charge in [-0.15, -0.1) is 0 Å². The topological polar surface area (TPSA) is 4.93 Å².